The van der Waals surface area contributed by atoms with Crippen molar-refractivity contribution in [3.63, 3.8) is 0 Å². The number of carbonyl (C=O) groups is 2. The van der Waals surface area contributed by atoms with Gasteiger partial charge in [0.25, 0.3) is 0 Å². The SMILES string of the molecule is CCOC(=O)C1=C(CSc2nc3ccccc3s2)NC(=O)N[C@@H]1C. The van der Waals surface area contributed by atoms with Crippen LogP contribution in [0.2, 0.25) is 0 Å². The summed E-state index contributed by atoms with van der Waals surface area (Å²) in [6.45, 7) is 3.82. The third-order valence-electron chi connectivity index (χ3n) is 3.48. The lowest BCUT2D eigenvalue weighted by molar-refractivity contribution is -0.138. The van der Waals surface area contributed by atoms with Gasteiger partial charge in [-0.15, -0.1) is 11.3 Å². The molecule has 1 aliphatic heterocycles. The van der Waals surface area contributed by atoms with Crippen molar-refractivity contribution < 1.29 is 14.3 Å². The number of nitrogens with zero attached hydrogens (tertiary/aromatic N) is 1. The monoisotopic (exact) mass is 363 g/mol. The fourth-order valence-corrected chi connectivity index (χ4v) is 4.48. The molecule has 1 aromatic carbocycles. The summed E-state index contributed by atoms with van der Waals surface area (Å²) in [6, 6.07) is 7.22. The van der Waals surface area contributed by atoms with Crippen LogP contribution in [-0.4, -0.2) is 35.4 Å². The van der Waals surface area contributed by atoms with Gasteiger partial charge in [-0.3, -0.25) is 0 Å². The first-order chi connectivity index (χ1) is 11.6. The summed E-state index contributed by atoms with van der Waals surface area (Å²) in [5.74, 6) is 0.0449. The Labute approximate surface area is 147 Å². The van der Waals surface area contributed by atoms with Crippen LogP contribution in [0.3, 0.4) is 0 Å². The number of aromatic nitrogens is 1. The van der Waals surface area contributed by atoms with Gasteiger partial charge in [-0.2, -0.15) is 0 Å². The van der Waals surface area contributed by atoms with Gasteiger partial charge in [0.05, 0.1) is 28.4 Å². The maximum atomic E-state index is 12.2. The van der Waals surface area contributed by atoms with Crippen LogP contribution < -0.4 is 10.6 Å². The van der Waals surface area contributed by atoms with Gasteiger partial charge in [0.15, 0.2) is 4.34 Å². The number of hydrogen-bond donors (Lipinski definition) is 2. The Morgan fingerprint density at radius 1 is 1.42 bits per heavy atom. The lowest BCUT2D eigenvalue weighted by Gasteiger charge is -2.26. The van der Waals surface area contributed by atoms with Crippen molar-refractivity contribution in [1.82, 2.24) is 15.6 Å². The van der Waals surface area contributed by atoms with Gasteiger partial charge in [0, 0.05) is 11.4 Å². The molecular formula is C16H17N3O3S2. The summed E-state index contributed by atoms with van der Waals surface area (Å²) in [4.78, 5) is 28.5. The molecule has 0 unspecified atom stereocenters. The van der Waals surface area contributed by atoms with Crippen molar-refractivity contribution in [1.29, 1.82) is 0 Å². The van der Waals surface area contributed by atoms with Crippen LogP contribution in [0, 0.1) is 0 Å². The van der Waals surface area contributed by atoms with E-state index in [1.54, 1.807) is 25.2 Å². The van der Waals surface area contributed by atoms with Gasteiger partial charge in [-0.05, 0) is 26.0 Å². The van der Waals surface area contributed by atoms with Gasteiger partial charge in [0.2, 0.25) is 0 Å². The highest BCUT2D eigenvalue weighted by Crippen LogP contribution is 2.31. The second-order valence-corrected chi connectivity index (χ2v) is 7.42. The number of benzene rings is 1. The maximum absolute atomic E-state index is 12.2. The van der Waals surface area contributed by atoms with Crippen LogP contribution in [0.25, 0.3) is 10.2 Å². The highest BCUT2D eigenvalue weighted by atomic mass is 32.2. The number of esters is 1. The van der Waals surface area contributed by atoms with Gasteiger partial charge in [-0.1, -0.05) is 23.9 Å². The Bertz CT molecular complexity index is 783. The molecule has 1 aromatic heterocycles. The van der Waals surface area contributed by atoms with E-state index in [1.807, 2.05) is 24.3 Å². The number of nitrogens with one attached hydrogen (secondary N) is 2. The summed E-state index contributed by atoms with van der Waals surface area (Å²) in [6.07, 6.45) is 0. The molecule has 2 amide bonds. The van der Waals surface area contributed by atoms with E-state index in [-0.39, 0.29) is 12.1 Å². The summed E-state index contributed by atoms with van der Waals surface area (Å²) >= 11 is 3.09. The molecule has 2 heterocycles. The molecule has 0 radical (unpaired) electrons. The number of amides is 2. The Balaban J connectivity index is 1.82. The van der Waals surface area contributed by atoms with E-state index in [9.17, 15) is 9.59 Å². The number of para-hydroxylation sites is 1. The Kier molecular flexibility index (Phi) is 5.06. The fraction of sp³-hybridized carbons (Fsp3) is 0.312. The van der Waals surface area contributed by atoms with Crippen LogP contribution >= 0.6 is 23.1 Å². The molecule has 1 atom stereocenters. The minimum Gasteiger partial charge on any atom is -0.463 e. The Hall–Kier alpha value is -2.06. The van der Waals surface area contributed by atoms with Crippen LogP contribution in [0.1, 0.15) is 13.8 Å². The van der Waals surface area contributed by atoms with E-state index in [4.69, 9.17) is 4.74 Å². The number of hydrogen-bond acceptors (Lipinski definition) is 6. The number of rotatable bonds is 5. The van der Waals surface area contributed by atoms with Gasteiger partial charge in [0.1, 0.15) is 0 Å². The lowest BCUT2D eigenvalue weighted by atomic mass is 10.1. The summed E-state index contributed by atoms with van der Waals surface area (Å²) in [5, 5.41) is 5.41. The van der Waals surface area contributed by atoms with Gasteiger partial charge >= 0.3 is 12.0 Å². The number of carbonyl (C=O) groups excluding carboxylic acids is 2. The fourth-order valence-electron chi connectivity index (χ4n) is 2.44. The quantitative estimate of drug-likeness (QED) is 0.631. The molecule has 3 rings (SSSR count). The molecular weight excluding hydrogens is 346 g/mol. The molecule has 0 aliphatic carbocycles. The van der Waals surface area contributed by atoms with E-state index in [0.29, 0.717) is 23.6 Å². The van der Waals surface area contributed by atoms with Gasteiger partial charge < -0.3 is 15.4 Å². The number of thioether (sulfide) groups is 1. The average Bonchev–Trinajstić information content (AvgIpc) is 2.95. The van der Waals surface area contributed by atoms with E-state index in [0.717, 1.165) is 14.6 Å². The summed E-state index contributed by atoms with van der Waals surface area (Å²) < 4.78 is 7.12. The third-order valence-corrected chi connectivity index (χ3v) is 5.69. The van der Waals surface area contributed by atoms with Crippen molar-refractivity contribution in [3.05, 3.63) is 35.5 Å². The van der Waals surface area contributed by atoms with E-state index in [1.165, 1.54) is 11.8 Å². The van der Waals surface area contributed by atoms with E-state index >= 15 is 0 Å². The smallest absolute Gasteiger partial charge is 0.337 e. The second-order valence-electron chi connectivity index (χ2n) is 5.17. The standard InChI is InChI=1S/C16H17N3O3S2/c1-3-22-14(20)13-9(2)17-15(21)18-11(13)8-23-16-19-10-6-4-5-7-12(10)24-16/h4-7,9H,3,8H2,1-2H3,(H2,17,18,21)/t9-/m1/s1. The number of ether oxygens (including phenoxy) is 1. The molecule has 8 heteroatoms. The highest BCUT2D eigenvalue weighted by Gasteiger charge is 2.29. The van der Waals surface area contributed by atoms with Crippen molar-refractivity contribution in [3.8, 4) is 0 Å². The maximum Gasteiger partial charge on any atom is 0.337 e. The van der Waals surface area contributed by atoms with E-state index in [2.05, 4.69) is 15.6 Å². The summed E-state index contributed by atoms with van der Waals surface area (Å²) in [5.41, 5.74) is 1.99. The van der Waals surface area contributed by atoms with Crippen LogP contribution in [0.4, 0.5) is 4.79 Å². The lowest BCUT2D eigenvalue weighted by Crippen LogP contribution is -2.49. The Morgan fingerprint density at radius 2 is 2.21 bits per heavy atom. The largest absolute Gasteiger partial charge is 0.463 e. The molecule has 1 aliphatic rings. The number of thiazole rings is 1. The van der Waals surface area contributed by atoms with Crippen molar-refractivity contribution in [2.24, 2.45) is 0 Å². The zero-order chi connectivity index (χ0) is 17.1. The first-order valence-corrected chi connectivity index (χ1v) is 9.34. The normalized spacial score (nSPS) is 17.6. The second kappa shape index (κ2) is 7.23. The predicted octanol–water partition coefficient (Wildman–Crippen LogP) is 2.91. The predicted molar refractivity (Wildman–Crippen MR) is 95.1 cm³/mol. The van der Waals surface area contributed by atoms with E-state index < -0.39 is 5.97 Å². The molecule has 0 saturated heterocycles. The minimum absolute atomic E-state index is 0.293. The molecule has 0 spiro atoms. The molecule has 2 N–H and O–H groups in total. The van der Waals surface area contributed by atoms with Crippen LogP contribution in [0.5, 0.6) is 0 Å². The molecule has 2 aromatic rings. The average molecular weight is 363 g/mol. The van der Waals surface area contributed by atoms with Crippen LogP contribution in [0.15, 0.2) is 39.9 Å². The molecule has 0 saturated carbocycles. The summed E-state index contributed by atoms with van der Waals surface area (Å²) in [7, 11) is 0. The Morgan fingerprint density at radius 3 is 2.96 bits per heavy atom. The highest BCUT2D eigenvalue weighted by molar-refractivity contribution is 8.01. The van der Waals surface area contributed by atoms with Crippen molar-refractivity contribution in [2.75, 3.05) is 12.4 Å². The first-order valence-electron chi connectivity index (χ1n) is 7.54. The first kappa shape index (κ1) is 16.8. The topological polar surface area (TPSA) is 80.3 Å². The molecule has 6 nitrogen and oxygen atoms in total. The zero-order valence-corrected chi connectivity index (χ0v) is 14.9. The number of fused-ring (bicyclic) bond motifs is 1. The molecule has 126 valence electrons. The molecule has 24 heavy (non-hydrogen) atoms. The molecule has 0 fully saturated rings. The van der Waals surface area contributed by atoms with Crippen molar-refractivity contribution in [2.45, 2.75) is 24.2 Å². The van der Waals surface area contributed by atoms with Crippen LogP contribution in [-0.2, 0) is 9.53 Å². The molecule has 0 bridgehead atoms. The van der Waals surface area contributed by atoms with Crippen molar-refractivity contribution >= 4 is 45.3 Å². The minimum atomic E-state index is -0.405. The van der Waals surface area contributed by atoms with Gasteiger partial charge in [-0.25, -0.2) is 14.6 Å². The third kappa shape index (κ3) is 3.54. The zero-order valence-electron chi connectivity index (χ0n) is 13.3. The number of urea groups is 1.